The molecule has 0 bridgehead atoms. The maximum atomic E-state index is 2.54. The summed E-state index contributed by atoms with van der Waals surface area (Å²) in [6, 6.07) is 82.5. The molecule has 0 aromatic heterocycles. The summed E-state index contributed by atoms with van der Waals surface area (Å²) < 4.78 is 0. The Kier molecular flexibility index (Phi) is 12.6. The van der Waals surface area contributed by atoms with E-state index in [1.807, 2.05) is 0 Å². The van der Waals surface area contributed by atoms with Crippen molar-refractivity contribution in [3.05, 3.63) is 279 Å². The van der Waals surface area contributed by atoms with Crippen molar-refractivity contribution in [1.82, 2.24) is 0 Å². The molecule has 2 unspecified atom stereocenters. The minimum absolute atomic E-state index is 0.0216. The van der Waals surface area contributed by atoms with Crippen LogP contribution in [0.25, 0.3) is 22.3 Å². The molecule has 0 radical (unpaired) electrons. The average Bonchev–Trinajstić information content (AvgIpc) is 3.95. The lowest BCUT2D eigenvalue weighted by atomic mass is 9.66. The van der Waals surface area contributed by atoms with Gasteiger partial charge in [0.15, 0.2) is 0 Å². The topological polar surface area (TPSA) is 3.24 Å². The summed E-state index contributed by atoms with van der Waals surface area (Å²) in [5, 5.41) is 0. The molecule has 1 heteroatoms. The molecule has 0 spiro atoms. The normalized spacial score (nSPS) is 15.9. The van der Waals surface area contributed by atoms with Crippen LogP contribution in [0.1, 0.15) is 168 Å². The number of benzene rings is 9. The molecule has 0 N–H and O–H groups in total. The summed E-state index contributed by atoms with van der Waals surface area (Å²) in [4.78, 5) is 2.54. The Balaban J connectivity index is 1.18. The first-order chi connectivity index (χ1) is 35.9. The summed E-state index contributed by atoms with van der Waals surface area (Å²) >= 11 is 0. The molecule has 2 aliphatic rings. The summed E-state index contributed by atoms with van der Waals surface area (Å²) in [6.07, 6.45) is 3.62. The van der Waals surface area contributed by atoms with E-state index in [9.17, 15) is 0 Å². The maximum Gasteiger partial charge on any atom is 0.0714 e. The van der Waals surface area contributed by atoms with Gasteiger partial charge in [0.2, 0.25) is 0 Å². The summed E-state index contributed by atoms with van der Waals surface area (Å²) in [5.41, 5.74) is 23.2. The van der Waals surface area contributed by atoms with Gasteiger partial charge in [-0.3, -0.25) is 0 Å². The lowest BCUT2D eigenvalue weighted by Crippen LogP contribution is -2.29. The number of hydrogen-bond acceptors (Lipinski definition) is 1. The lowest BCUT2D eigenvalue weighted by Gasteiger charge is -2.36. The third-order valence-electron chi connectivity index (χ3n) is 17.0. The van der Waals surface area contributed by atoms with Crippen molar-refractivity contribution in [2.45, 2.75) is 128 Å². The highest BCUT2D eigenvalue weighted by Crippen LogP contribution is 2.60. The fourth-order valence-electron chi connectivity index (χ4n) is 12.8. The van der Waals surface area contributed by atoms with Gasteiger partial charge in [-0.25, -0.2) is 0 Å². The fourth-order valence-corrected chi connectivity index (χ4v) is 12.8. The minimum atomic E-state index is -0.583. The predicted molar refractivity (Wildman–Crippen MR) is 320 cm³/mol. The molecule has 75 heavy (non-hydrogen) atoms. The minimum Gasteiger partial charge on any atom is -0.310 e. The Morgan fingerprint density at radius 2 is 0.707 bits per heavy atom. The van der Waals surface area contributed by atoms with E-state index in [1.54, 1.807) is 0 Å². The van der Waals surface area contributed by atoms with Gasteiger partial charge >= 0.3 is 0 Å². The smallest absolute Gasteiger partial charge is 0.0714 e. The van der Waals surface area contributed by atoms with Crippen LogP contribution in [-0.2, 0) is 27.1 Å². The van der Waals surface area contributed by atoms with Gasteiger partial charge in [-0.05, 0) is 154 Å². The molecule has 11 rings (SSSR count). The van der Waals surface area contributed by atoms with Gasteiger partial charge in [-0.15, -0.1) is 0 Å². The number of unbranched alkanes of at least 4 members (excludes halogenated alkanes) is 1. The van der Waals surface area contributed by atoms with Crippen molar-refractivity contribution in [2.24, 2.45) is 0 Å². The standard InChI is InChI=1S/C74H75N/c1-12-13-21-50(2)51-28-42-59(43-29-51)75(60-44-46-64-62-24-17-19-26-66(62)73(68(64)48-60,55-22-15-14-16-23-55)56-36-30-52(31-37-56)70(3,4)5)61-45-47-65-63-25-18-20-27-67(63)74(69(65)49-61,57-38-32-53(33-39-57)71(6,7)8)58-40-34-54(35-41-58)72(9,10)11/h14-20,22-50H,12-13,21H2,1-11H3. The van der Waals surface area contributed by atoms with Crippen molar-refractivity contribution in [1.29, 1.82) is 0 Å². The quantitative estimate of drug-likeness (QED) is 0.125. The number of fused-ring (bicyclic) bond motifs is 6. The van der Waals surface area contributed by atoms with Gasteiger partial charge in [0.25, 0.3) is 0 Å². The molecular formula is C74H75N. The Hall–Kier alpha value is -7.22. The molecule has 2 atom stereocenters. The van der Waals surface area contributed by atoms with Crippen LogP contribution < -0.4 is 4.90 Å². The van der Waals surface area contributed by atoms with Gasteiger partial charge in [0, 0.05) is 17.1 Å². The molecule has 0 saturated heterocycles. The number of nitrogens with zero attached hydrogens (tertiary/aromatic N) is 1. The van der Waals surface area contributed by atoms with Crippen LogP contribution in [0.4, 0.5) is 17.1 Å². The van der Waals surface area contributed by atoms with Crippen molar-refractivity contribution < 1.29 is 0 Å². The number of anilines is 3. The Morgan fingerprint density at radius 3 is 1.09 bits per heavy atom. The molecule has 9 aromatic carbocycles. The second-order valence-corrected chi connectivity index (χ2v) is 24.9. The second-order valence-electron chi connectivity index (χ2n) is 24.9. The van der Waals surface area contributed by atoms with Gasteiger partial charge < -0.3 is 4.90 Å². The van der Waals surface area contributed by atoms with Crippen LogP contribution in [0, 0.1) is 0 Å². The molecule has 0 amide bonds. The first kappa shape index (κ1) is 50.0. The van der Waals surface area contributed by atoms with Crippen LogP contribution in [0.3, 0.4) is 0 Å². The zero-order chi connectivity index (χ0) is 52.5. The van der Waals surface area contributed by atoms with Crippen molar-refractivity contribution in [2.75, 3.05) is 4.90 Å². The Bertz CT molecular complexity index is 3440. The zero-order valence-corrected chi connectivity index (χ0v) is 46.4. The van der Waals surface area contributed by atoms with Crippen LogP contribution in [-0.4, -0.2) is 0 Å². The molecule has 0 heterocycles. The van der Waals surface area contributed by atoms with Crippen LogP contribution in [0.15, 0.2) is 212 Å². The summed E-state index contributed by atoms with van der Waals surface area (Å²) in [5.74, 6) is 0.482. The second kappa shape index (κ2) is 18.9. The van der Waals surface area contributed by atoms with E-state index in [1.165, 1.54) is 108 Å². The van der Waals surface area contributed by atoms with Crippen molar-refractivity contribution in [3.8, 4) is 22.3 Å². The van der Waals surface area contributed by atoms with Gasteiger partial charge in [0.1, 0.15) is 0 Å². The maximum absolute atomic E-state index is 2.54. The SMILES string of the molecule is CCCCC(C)c1ccc(N(c2ccc3c(c2)C(c2ccccc2)(c2ccc(C(C)(C)C)cc2)c2ccccc2-3)c2ccc3c(c2)C(c2ccc(C(C)(C)C)cc2)(c2ccc(C(C)(C)C)cc2)c2ccccc2-3)cc1. The molecule has 0 saturated carbocycles. The number of rotatable bonds is 11. The van der Waals surface area contributed by atoms with Crippen molar-refractivity contribution in [3.63, 3.8) is 0 Å². The molecule has 376 valence electrons. The van der Waals surface area contributed by atoms with Crippen LogP contribution in [0.5, 0.6) is 0 Å². The Morgan fingerprint density at radius 1 is 0.360 bits per heavy atom. The average molecular weight is 978 g/mol. The zero-order valence-electron chi connectivity index (χ0n) is 46.4. The fraction of sp³-hybridized carbons (Fsp3) is 0.270. The van der Waals surface area contributed by atoms with E-state index in [-0.39, 0.29) is 16.2 Å². The van der Waals surface area contributed by atoms with E-state index in [0.29, 0.717) is 5.92 Å². The van der Waals surface area contributed by atoms with Gasteiger partial charge in [-0.2, -0.15) is 0 Å². The lowest BCUT2D eigenvalue weighted by molar-refractivity contribution is 0.588. The predicted octanol–water partition coefficient (Wildman–Crippen LogP) is 20.1. The van der Waals surface area contributed by atoms with E-state index in [4.69, 9.17) is 0 Å². The third-order valence-corrected chi connectivity index (χ3v) is 17.0. The monoisotopic (exact) mass is 978 g/mol. The molecule has 1 nitrogen and oxygen atoms in total. The van der Waals surface area contributed by atoms with Gasteiger partial charge in [-0.1, -0.05) is 265 Å². The largest absolute Gasteiger partial charge is 0.310 e. The molecule has 9 aromatic rings. The van der Waals surface area contributed by atoms with Crippen LogP contribution >= 0.6 is 0 Å². The molecular weight excluding hydrogens is 903 g/mol. The van der Waals surface area contributed by atoms with E-state index < -0.39 is 10.8 Å². The van der Waals surface area contributed by atoms with Crippen molar-refractivity contribution >= 4 is 17.1 Å². The number of hydrogen-bond donors (Lipinski definition) is 0. The highest BCUT2D eigenvalue weighted by molar-refractivity contribution is 5.92. The molecule has 0 aliphatic heterocycles. The molecule has 0 fully saturated rings. The van der Waals surface area contributed by atoms with E-state index >= 15 is 0 Å². The highest BCUT2D eigenvalue weighted by atomic mass is 15.1. The first-order valence-electron chi connectivity index (χ1n) is 27.7. The summed E-state index contributed by atoms with van der Waals surface area (Å²) in [7, 11) is 0. The molecule has 2 aliphatic carbocycles. The first-order valence-corrected chi connectivity index (χ1v) is 27.7. The highest BCUT2D eigenvalue weighted by Gasteiger charge is 2.48. The van der Waals surface area contributed by atoms with Gasteiger partial charge in [0.05, 0.1) is 10.8 Å². The van der Waals surface area contributed by atoms with E-state index in [0.717, 1.165) is 17.1 Å². The van der Waals surface area contributed by atoms with Crippen LogP contribution in [0.2, 0.25) is 0 Å². The Labute approximate surface area is 449 Å². The summed E-state index contributed by atoms with van der Waals surface area (Å²) in [6.45, 7) is 25.5. The third kappa shape index (κ3) is 8.39. The van der Waals surface area contributed by atoms with E-state index in [2.05, 4.69) is 293 Å².